The molecule has 1 rings (SSSR count). The molecule has 1 aromatic carbocycles. The highest BCUT2D eigenvalue weighted by Crippen LogP contribution is 2.36. The van der Waals surface area contributed by atoms with Gasteiger partial charge >= 0.3 is 6.18 Å². The van der Waals surface area contributed by atoms with Crippen LogP contribution in [0.5, 0.6) is 0 Å². The number of rotatable bonds is 1. The van der Waals surface area contributed by atoms with Gasteiger partial charge in [-0.05, 0) is 28.9 Å². The van der Waals surface area contributed by atoms with E-state index in [1.165, 1.54) is 19.1 Å². The third-order valence-corrected chi connectivity index (χ3v) is 2.56. The van der Waals surface area contributed by atoms with Crippen LogP contribution >= 0.6 is 28.6 Å². The quantitative estimate of drug-likeness (QED) is 0.486. The topological polar surface area (TPSA) is 23.9 Å². The minimum Gasteiger partial charge on any atom is -0.305 e. The van der Waals surface area contributed by atoms with Crippen molar-refractivity contribution in [2.45, 2.75) is 38.6 Å². The molecule has 0 fully saturated rings. The molecular formula is C13H17BrF3NS. The van der Waals surface area contributed by atoms with Crippen molar-refractivity contribution in [3.63, 3.8) is 0 Å². The Balaban J connectivity index is 0.000000555. The SMILES string of the molecule is CC(=N)c1cccc(C(F)(F)F)c1Br.CC(C)(C)S. The molecule has 0 atom stereocenters. The number of alkyl halides is 3. The number of hydrogen-bond donors (Lipinski definition) is 2. The Labute approximate surface area is 125 Å². The molecule has 0 radical (unpaired) electrons. The fraction of sp³-hybridized carbons (Fsp3) is 0.462. The number of benzene rings is 1. The third-order valence-electron chi connectivity index (χ3n) is 1.71. The van der Waals surface area contributed by atoms with Crippen LogP contribution in [0.2, 0.25) is 0 Å². The Hall–Kier alpha value is -0.490. The van der Waals surface area contributed by atoms with Gasteiger partial charge in [0.25, 0.3) is 0 Å². The normalized spacial score (nSPS) is 11.6. The Morgan fingerprint density at radius 3 is 1.95 bits per heavy atom. The first-order valence-corrected chi connectivity index (χ1v) is 6.71. The van der Waals surface area contributed by atoms with Gasteiger partial charge in [0.1, 0.15) is 0 Å². The van der Waals surface area contributed by atoms with Crippen LogP contribution < -0.4 is 0 Å². The lowest BCUT2D eigenvalue weighted by molar-refractivity contribution is -0.138. The Morgan fingerprint density at radius 2 is 1.63 bits per heavy atom. The molecule has 0 saturated carbocycles. The molecule has 6 heteroatoms. The van der Waals surface area contributed by atoms with Crippen molar-refractivity contribution in [2.24, 2.45) is 0 Å². The van der Waals surface area contributed by atoms with Gasteiger partial charge in [0.05, 0.1) is 5.56 Å². The maximum Gasteiger partial charge on any atom is 0.417 e. The standard InChI is InChI=1S/C9H7BrF3N.C4H10S/c1-5(14)6-3-2-4-7(8(6)10)9(11,12)13;1-4(2,3)5/h2-4,14H,1H3;5H,1-3H3. The molecule has 1 nitrogen and oxygen atoms in total. The van der Waals surface area contributed by atoms with Crippen LogP contribution in [0.4, 0.5) is 13.2 Å². The van der Waals surface area contributed by atoms with Crippen LogP contribution in [0.1, 0.15) is 38.8 Å². The molecule has 0 unspecified atom stereocenters. The summed E-state index contributed by atoms with van der Waals surface area (Å²) < 4.78 is 37.3. The summed E-state index contributed by atoms with van der Waals surface area (Å²) in [6.45, 7) is 7.60. The zero-order valence-electron chi connectivity index (χ0n) is 11.2. The lowest BCUT2D eigenvalue weighted by Gasteiger charge is -2.11. The summed E-state index contributed by atoms with van der Waals surface area (Å²) in [4.78, 5) is 0. The van der Waals surface area contributed by atoms with E-state index in [1.807, 2.05) is 0 Å². The molecule has 1 N–H and O–H groups in total. The first kappa shape index (κ1) is 18.5. The van der Waals surface area contributed by atoms with Crippen LogP contribution in [0.15, 0.2) is 22.7 Å². The van der Waals surface area contributed by atoms with Gasteiger partial charge in [0.2, 0.25) is 0 Å². The molecule has 0 aromatic heterocycles. The largest absolute Gasteiger partial charge is 0.417 e. The van der Waals surface area contributed by atoms with Crippen LogP contribution in [-0.4, -0.2) is 10.5 Å². The summed E-state index contributed by atoms with van der Waals surface area (Å²) in [5.41, 5.74) is -0.385. The predicted molar refractivity (Wildman–Crippen MR) is 80.4 cm³/mol. The van der Waals surface area contributed by atoms with Crippen molar-refractivity contribution in [1.29, 1.82) is 5.41 Å². The van der Waals surface area contributed by atoms with Crippen LogP contribution in [0.3, 0.4) is 0 Å². The van der Waals surface area contributed by atoms with E-state index in [1.54, 1.807) is 0 Å². The van der Waals surface area contributed by atoms with Gasteiger partial charge < -0.3 is 5.41 Å². The van der Waals surface area contributed by atoms with E-state index in [9.17, 15) is 13.2 Å². The molecule has 0 saturated heterocycles. The van der Waals surface area contributed by atoms with Gasteiger partial charge in [-0.25, -0.2) is 0 Å². The minimum atomic E-state index is -4.38. The molecule has 1 aromatic rings. The molecule has 0 heterocycles. The second-order valence-corrected chi connectivity index (χ2v) is 7.10. The van der Waals surface area contributed by atoms with E-state index in [-0.39, 0.29) is 20.5 Å². The van der Waals surface area contributed by atoms with Crippen molar-refractivity contribution in [2.75, 3.05) is 0 Å². The van der Waals surface area contributed by atoms with Gasteiger partial charge in [-0.2, -0.15) is 25.8 Å². The van der Waals surface area contributed by atoms with E-state index in [4.69, 9.17) is 5.41 Å². The summed E-state index contributed by atoms with van der Waals surface area (Å²) in [7, 11) is 0. The fourth-order valence-corrected chi connectivity index (χ4v) is 1.83. The lowest BCUT2D eigenvalue weighted by Crippen LogP contribution is -2.08. The molecule has 0 spiro atoms. The highest BCUT2D eigenvalue weighted by Gasteiger charge is 2.33. The second-order valence-electron chi connectivity index (χ2n) is 4.96. The maximum atomic E-state index is 12.4. The average molecular weight is 356 g/mol. The third kappa shape index (κ3) is 7.62. The molecule has 0 bridgehead atoms. The second kappa shape index (κ2) is 6.79. The van der Waals surface area contributed by atoms with Crippen molar-refractivity contribution in [3.05, 3.63) is 33.8 Å². The number of nitrogens with one attached hydrogen (secondary N) is 1. The Bertz CT molecular complexity index is 444. The van der Waals surface area contributed by atoms with Gasteiger partial charge in [-0.1, -0.05) is 32.9 Å². The minimum absolute atomic E-state index is 0.0694. The summed E-state index contributed by atoms with van der Waals surface area (Å²) >= 11 is 6.98. The summed E-state index contributed by atoms with van der Waals surface area (Å²) in [6.07, 6.45) is -4.38. The zero-order valence-corrected chi connectivity index (χ0v) is 13.7. The molecule has 19 heavy (non-hydrogen) atoms. The van der Waals surface area contributed by atoms with E-state index in [0.29, 0.717) is 0 Å². The van der Waals surface area contributed by atoms with E-state index >= 15 is 0 Å². The molecule has 108 valence electrons. The van der Waals surface area contributed by atoms with Crippen LogP contribution in [0.25, 0.3) is 0 Å². The molecule has 0 aliphatic carbocycles. The summed E-state index contributed by atoms with van der Waals surface area (Å²) in [5, 5.41) is 7.28. The van der Waals surface area contributed by atoms with E-state index in [0.717, 1.165) is 6.07 Å². The Kier molecular flexibility index (Phi) is 6.62. The van der Waals surface area contributed by atoms with Crippen LogP contribution in [0, 0.1) is 5.41 Å². The molecule has 0 amide bonds. The fourth-order valence-electron chi connectivity index (χ4n) is 1.04. The monoisotopic (exact) mass is 355 g/mol. The number of halogens is 4. The average Bonchev–Trinajstić information content (AvgIpc) is 2.12. The Morgan fingerprint density at radius 1 is 1.21 bits per heavy atom. The molecule has 0 aliphatic heterocycles. The first-order valence-electron chi connectivity index (χ1n) is 5.47. The summed E-state index contributed by atoms with van der Waals surface area (Å²) in [6, 6.07) is 3.75. The molecule has 0 aliphatic rings. The maximum absolute atomic E-state index is 12.4. The van der Waals surface area contributed by atoms with E-state index < -0.39 is 11.7 Å². The van der Waals surface area contributed by atoms with Gasteiger partial charge in [0, 0.05) is 20.5 Å². The van der Waals surface area contributed by atoms with Crippen LogP contribution in [-0.2, 0) is 6.18 Å². The lowest BCUT2D eigenvalue weighted by atomic mass is 10.1. The number of hydrogen-bond acceptors (Lipinski definition) is 2. The first-order chi connectivity index (χ1) is 8.34. The van der Waals surface area contributed by atoms with Gasteiger partial charge in [0.15, 0.2) is 0 Å². The number of thiol groups is 1. The van der Waals surface area contributed by atoms with Crippen molar-refractivity contribution in [3.8, 4) is 0 Å². The smallest absolute Gasteiger partial charge is 0.305 e. The molecular weight excluding hydrogens is 339 g/mol. The zero-order chi connectivity index (χ0) is 15.4. The highest BCUT2D eigenvalue weighted by molar-refractivity contribution is 9.10. The van der Waals surface area contributed by atoms with Crippen molar-refractivity contribution < 1.29 is 13.2 Å². The highest BCUT2D eigenvalue weighted by atomic mass is 79.9. The van der Waals surface area contributed by atoms with Crippen molar-refractivity contribution >= 4 is 34.3 Å². The predicted octanol–water partition coefficient (Wildman–Crippen LogP) is 5.57. The summed E-state index contributed by atoms with van der Waals surface area (Å²) in [5.74, 6) is 0. The van der Waals surface area contributed by atoms with E-state index in [2.05, 4.69) is 49.3 Å². The van der Waals surface area contributed by atoms with Crippen molar-refractivity contribution in [1.82, 2.24) is 0 Å². The van der Waals surface area contributed by atoms with Gasteiger partial charge in [-0.3, -0.25) is 0 Å². The van der Waals surface area contributed by atoms with Gasteiger partial charge in [-0.15, -0.1) is 0 Å².